The molecule has 0 heterocycles. The minimum atomic E-state index is -0.384. The second-order valence-corrected chi connectivity index (χ2v) is 0.893. The number of rotatable bonds is 2. The van der Waals surface area contributed by atoms with Crippen LogP contribution in [0.5, 0.6) is 0 Å². The van der Waals surface area contributed by atoms with Gasteiger partial charge in [-0.15, -0.1) is 0 Å². The van der Waals surface area contributed by atoms with Crippen molar-refractivity contribution < 1.29 is 4.79 Å². The molecule has 0 saturated carbocycles. The molecular weight excluding hydrogens is 80.0 g/mol. The van der Waals surface area contributed by atoms with E-state index in [1.54, 1.807) is 0 Å². The summed E-state index contributed by atoms with van der Waals surface area (Å²) in [5.74, 6) is -0.384. The van der Waals surface area contributed by atoms with Crippen LogP contribution < -0.4 is 11.1 Å². The van der Waals surface area contributed by atoms with Gasteiger partial charge in [0.1, 0.15) is 0 Å². The molecule has 0 unspecified atom stereocenters. The van der Waals surface area contributed by atoms with Crippen LogP contribution in [-0.2, 0) is 4.79 Å². The maximum atomic E-state index is 9.72. The number of amides is 1. The van der Waals surface area contributed by atoms with Gasteiger partial charge in [0.15, 0.2) is 0 Å². The third-order valence-electron chi connectivity index (χ3n) is 0.299. The molecular formula is C3H7N2O. The standard InChI is InChI=1S/C3H7N2O/c1-5-2-3(4)6/h5H,1-2H2,(H2,4,6). The first-order chi connectivity index (χ1) is 2.77. The molecule has 1 amide bonds. The van der Waals surface area contributed by atoms with Crippen molar-refractivity contribution in [2.75, 3.05) is 6.54 Å². The van der Waals surface area contributed by atoms with E-state index >= 15 is 0 Å². The normalized spacial score (nSPS) is 8.17. The zero-order chi connectivity index (χ0) is 4.99. The van der Waals surface area contributed by atoms with Crippen LogP contribution in [0.3, 0.4) is 0 Å². The van der Waals surface area contributed by atoms with E-state index in [2.05, 4.69) is 18.1 Å². The molecule has 35 valence electrons. The Morgan fingerprint density at radius 1 is 2.00 bits per heavy atom. The molecule has 0 spiro atoms. The van der Waals surface area contributed by atoms with Crippen molar-refractivity contribution in [2.24, 2.45) is 5.73 Å². The molecule has 0 fully saturated rings. The SMILES string of the molecule is [CH2]NCC(N)=O. The van der Waals surface area contributed by atoms with Crippen molar-refractivity contribution in [1.29, 1.82) is 0 Å². The van der Waals surface area contributed by atoms with E-state index in [1.165, 1.54) is 0 Å². The molecule has 0 aromatic heterocycles. The number of carbonyl (C=O) groups is 1. The molecule has 0 aromatic rings. The Morgan fingerprint density at radius 3 is 2.50 bits per heavy atom. The Kier molecular flexibility index (Phi) is 2.40. The van der Waals surface area contributed by atoms with E-state index in [0.717, 1.165) is 0 Å². The van der Waals surface area contributed by atoms with Gasteiger partial charge in [0, 0.05) is 7.05 Å². The molecule has 0 rings (SSSR count). The van der Waals surface area contributed by atoms with Crippen LogP contribution in [0.4, 0.5) is 0 Å². The van der Waals surface area contributed by atoms with Crippen LogP contribution >= 0.6 is 0 Å². The van der Waals surface area contributed by atoms with Gasteiger partial charge in [0.2, 0.25) is 5.91 Å². The molecule has 0 aliphatic rings. The maximum absolute atomic E-state index is 9.72. The number of nitrogens with two attached hydrogens (primary N) is 1. The van der Waals surface area contributed by atoms with Crippen LogP contribution in [0.1, 0.15) is 0 Å². The van der Waals surface area contributed by atoms with Crippen molar-refractivity contribution in [1.82, 2.24) is 5.32 Å². The maximum Gasteiger partial charge on any atom is 0.231 e. The van der Waals surface area contributed by atoms with Crippen LogP contribution in [0.25, 0.3) is 0 Å². The largest absolute Gasteiger partial charge is 0.369 e. The van der Waals surface area contributed by atoms with Gasteiger partial charge in [-0.3, -0.25) is 4.79 Å². The Hall–Kier alpha value is -0.570. The summed E-state index contributed by atoms with van der Waals surface area (Å²) in [6, 6.07) is 0. The summed E-state index contributed by atoms with van der Waals surface area (Å²) in [6.45, 7) is 0.153. The van der Waals surface area contributed by atoms with Crippen LogP contribution in [0, 0.1) is 7.05 Å². The number of hydrogen-bond acceptors (Lipinski definition) is 2. The van der Waals surface area contributed by atoms with Gasteiger partial charge in [-0.25, -0.2) is 0 Å². The zero-order valence-corrected chi connectivity index (χ0v) is 3.40. The van der Waals surface area contributed by atoms with Crippen LogP contribution in [-0.4, -0.2) is 12.5 Å². The lowest BCUT2D eigenvalue weighted by molar-refractivity contribution is -0.117. The average Bonchev–Trinajstić information content (AvgIpc) is 1.35. The zero-order valence-electron chi connectivity index (χ0n) is 3.40. The highest BCUT2D eigenvalue weighted by Crippen LogP contribution is 1.46. The molecule has 0 aromatic carbocycles. The molecule has 3 N–H and O–H groups in total. The molecule has 1 radical (unpaired) electrons. The predicted molar refractivity (Wildman–Crippen MR) is 22.6 cm³/mol. The summed E-state index contributed by atoms with van der Waals surface area (Å²) in [6.07, 6.45) is 0. The Bertz CT molecular complexity index is 52.8. The fraction of sp³-hybridized carbons (Fsp3) is 0.333. The third-order valence-corrected chi connectivity index (χ3v) is 0.299. The lowest BCUT2D eigenvalue weighted by Gasteiger charge is -1.85. The van der Waals surface area contributed by atoms with E-state index in [9.17, 15) is 4.79 Å². The summed E-state index contributed by atoms with van der Waals surface area (Å²) in [5, 5.41) is 2.34. The highest BCUT2D eigenvalue weighted by molar-refractivity contribution is 5.75. The molecule has 0 bridgehead atoms. The van der Waals surface area contributed by atoms with Crippen molar-refractivity contribution in [3.63, 3.8) is 0 Å². The second-order valence-electron chi connectivity index (χ2n) is 0.893. The van der Waals surface area contributed by atoms with Crippen molar-refractivity contribution in [3.05, 3.63) is 7.05 Å². The highest BCUT2D eigenvalue weighted by atomic mass is 16.1. The Labute approximate surface area is 36.5 Å². The summed E-state index contributed by atoms with van der Waals surface area (Å²) in [4.78, 5) is 9.72. The highest BCUT2D eigenvalue weighted by Gasteiger charge is 1.83. The molecule has 3 heteroatoms. The average molecular weight is 87.1 g/mol. The Balaban J connectivity index is 2.83. The fourth-order valence-corrected chi connectivity index (χ4v) is 0.123. The van der Waals surface area contributed by atoms with E-state index in [0.29, 0.717) is 0 Å². The monoisotopic (exact) mass is 87.1 g/mol. The van der Waals surface area contributed by atoms with Gasteiger partial charge in [-0.1, -0.05) is 0 Å². The summed E-state index contributed by atoms with van der Waals surface area (Å²) in [7, 11) is 3.18. The first-order valence-corrected chi connectivity index (χ1v) is 1.55. The molecule has 6 heavy (non-hydrogen) atoms. The molecule has 0 atom stereocenters. The fourth-order valence-electron chi connectivity index (χ4n) is 0.123. The van der Waals surface area contributed by atoms with Crippen LogP contribution in [0.15, 0.2) is 0 Å². The minimum absolute atomic E-state index is 0.153. The minimum Gasteiger partial charge on any atom is -0.369 e. The second kappa shape index (κ2) is 2.66. The van der Waals surface area contributed by atoms with Crippen molar-refractivity contribution in [3.8, 4) is 0 Å². The number of primary amides is 1. The summed E-state index contributed by atoms with van der Waals surface area (Å²) < 4.78 is 0. The lowest BCUT2D eigenvalue weighted by atomic mass is 10.6. The summed E-state index contributed by atoms with van der Waals surface area (Å²) in [5.41, 5.74) is 4.66. The third kappa shape index (κ3) is 3.43. The van der Waals surface area contributed by atoms with Crippen LogP contribution in [0.2, 0.25) is 0 Å². The topological polar surface area (TPSA) is 55.1 Å². The van der Waals surface area contributed by atoms with E-state index < -0.39 is 0 Å². The smallest absolute Gasteiger partial charge is 0.231 e. The lowest BCUT2D eigenvalue weighted by Crippen LogP contribution is -2.23. The first kappa shape index (κ1) is 5.43. The first-order valence-electron chi connectivity index (χ1n) is 1.55. The number of carbonyl (C=O) groups excluding carboxylic acids is 1. The van der Waals surface area contributed by atoms with Gasteiger partial charge in [0.25, 0.3) is 0 Å². The van der Waals surface area contributed by atoms with Gasteiger partial charge < -0.3 is 11.1 Å². The molecule has 3 nitrogen and oxygen atoms in total. The molecule has 0 aliphatic carbocycles. The number of hydrogen-bond donors (Lipinski definition) is 2. The van der Waals surface area contributed by atoms with E-state index in [1.807, 2.05) is 0 Å². The van der Waals surface area contributed by atoms with Gasteiger partial charge in [-0.2, -0.15) is 0 Å². The van der Waals surface area contributed by atoms with Crippen molar-refractivity contribution >= 4 is 5.91 Å². The van der Waals surface area contributed by atoms with Gasteiger partial charge in [0.05, 0.1) is 6.54 Å². The van der Waals surface area contributed by atoms with Gasteiger partial charge in [-0.05, 0) is 0 Å². The quantitative estimate of drug-likeness (QED) is 0.447. The predicted octanol–water partition coefficient (Wildman–Crippen LogP) is -1.15. The Morgan fingerprint density at radius 2 is 2.50 bits per heavy atom. The van der Waals surface area contributed by atoms with Gasteiger partial charge >= 0.3 is 0 Å². The molecule has 0 aliphatic heterocycles. The summed E-state index contributed by atoms with van der Waals surface area (Å²) >= 11 is 0. The van der Waals surface area contributed by atoms with E-state index in [4.69, 9.17) is 0 Å². The van der Waals surface area contributed by atoms with E-state index in [-0.39, 0.29) is 12.5 Å². The molecule has 0 saturated heterocycles. The number of nitrogens with one attached hydrogen (secondary N) is 1. The van der Waals surface area contributed by atoms with Crippen molar-refractivity contribution in [2.45, 2.75) is 0 Å².